The zero-order valence-electron chi connectivity index (χ0n) is 17.0. The van der Waals surface area contributed by atoms with Crippen LogP contribution >= 0.6 is 46.4 Å². The number of hydrogen-bond acceptors (Lipinski definition) is 6. The topological polar surface area (TPSA) is 86.7 Å². The molecule has 0 fully saturated rings. The van der Waals surface area contributed by atoms with Crippen LogP contribution < -0.4 is 0 Å². The fourth-order valence-electron chi connectivity index (χ4n) is 2.74. The fraction of sp³-hybridized carbons (Fsp3) is 0.273. The van der Waals surface area contributed by atoms with Crippen molar-refractivity contribution in [2.24, 2.45) is 0 Å². The number of carbonyl (C=O) groups is 4. The van der Waals surface area contributed by atoms with Gasteiger partial charge in [-0.15, -0.1) is 23.2 Å². The van der Waals surface area contributed by atoms with Crippen molar-refractivity contribution in [2.45, 2.75) is 37.4 Å². The minimum atomic E-state index is -1.15. The minimum absolute atomic E-state index is 0.00896. The molecule has 0 N–H and O–H groups in total. The highest BCUT2D eigenvalue weighted by atomic mass is 35.5. The molecule has 2 unspecified atom stereocenters. The third-order valence-corrected chi connectivity index (χ3v) is 6.08. The molecule has 10 heteroatoms. The number of benzene rings is 2. The molecule has 0 radical (unpaired) electrons. The Balaban J connectivity index is 2.29. The van der Waals surface area contributed by atoms with Gasteiger partial charge in [0, 0.05) is 0 Å². The van der Waals surface area contributed by atoms with Crippen LogP contribution in [0.2, 0.25) is 10.0 Å². The number of carbonyl (C=O) groups excluding carboxylic acids is 4. The molecule has 2 aromatic carbocycles. The number of hydrogen-bond donors (Lipinski definition) is 0. The van der Waals surface area contributed by atoms with Crippen LogP contribution in [0.1, 0.15) is 68.1 Å². The van der Waals surface area contributed by atoms with Gasteiger partial charge in [-0.05, 0) is 37.1 Å². The van der Waals surface area contributed by atoms with E-state index in [4.69, 9.17) is 46.4 Å². The van der Waals surface area contributed by atoms with Crippen LogP contribution in [-0.4, -0.2) is 34.3 Å². The summed E-state index contributed by atoms with van der Waals surface area (Å²) in [6, 6.07) is 8.23. The molecular formula is C22H18Cl4O6. The number of alkyl halides is 2. The summed E-state index contributed by atoms with van der Waals surface area (Å²) in [4.78, 5) is 59.4. The summed E-state index contributed by atoms with van der Waals surface area (Å²) in [7, 11) is 0. The molecule has 6 nitrogen and oxygen atoms in total. The van der Waals surface area contributed by atoms with Gasteiger partial charge in [0.15, 0.2) is 11.6 Å². The Morgan fingerprint density at radius 3 is 1.38 bits per heavy atom. The second kappa shape index (κ2) is 11.7. The molecule has 0 saturated carbocycles. The van der Waals surface area contributed by atoms with Crippen LogP contribution in [0.3, 0.4) is 0 Å². The van der Waals surface area contributed by atoms with E-state index in [0.29, 0.717) is 12.8 Å². The average molecular weight is 520 g/mol. The van der Waals surface area contributed by atoms with E-state index in [1.54, 1.807) is 13.8 Å². The Morgan fingerprint density at radius 2 is 1.06 bits per heavy atom. The highest BCUT2D eigenvalue weighted by Gasteiger charge is 2.29. The van der Waals surface area contributed by atoms with E-state index in [2.05, 4.69) is 9.78 Å². The molecule has 32 heavy (non-hydrogen) atoms. The highest BCUT2D eigenvalue weighted by molar-refractivity contribution is 6.40. The van der Waals surface area contributed by atoms with Crippen LogP contribution in [0.25, 0.3) is 0 Å². The molecule has 170 valence electrons. The van der Waals surface area contributed by atoms with E-state index in [9.17, 15) is 19.2 Å². The molecule has 0 aromatic heterocycles. The molecule has 0 bridgehead atoms. The largest absolute Gasteiger partial charge is 0.387 e. The summed E-state index contributed by atoms with van der Waals surface area (Å²) in [5.74, 6) is -3.45. The Hall–Kier alpha value is -2.12. The van der Waals surface area contributed by atoms with Gasteiger partial charge >= 0.3 is 11.9 Å². The second-order valence-corrected chi connectivity index (χ2v) is 8.41. The van der Waals surface area contributed by atoms with Crippen LogP contribution in [0, 0.1) is 0 Å². The Labute approximate surface area is 204 Å². The SMILES string of the molecule is CCC(Cl)C(=O)c1c(Cl)cccc1C(=O)OOC(=O)c1cccc(Cl)c1C(=O)C(Cl)CC. The lowest BCUT2D eigenvalue weighted by molar-refractivity contribution is -0.187. The summed E-state index contributed by atoms with van der Waals surface area (Å²) >= 11 is 24.2. The first kappa shape index (κ1) is 26.1. The maximum atomic E-state index is 12.5. The number of ketones is 2. The van der Waals surface area contributed by atoms with Gasteiger partial charge in [0.05, 0.1) is 43.1 Å². The van der Waals surface area contributed by atoms with Crippen molar-refractivity contribution in [1.82, 2.24) is 0 Å². The third-order valence-electron chi connectivity index (χ3n) is 4.44. The quantitative estimate of drug-likeness (QED) is 0.175. The molecule has 0 aliphatic carbocycles. The number of rotatable bonds is 8. The lowest BCUT2D eigenvalue weighted by Crippen LogP contribution is -2.22. The molecule has 2 aromatic rings. The van der Waals surface area contributed by atoms with Crippen molar-refractivity contribution in [3.8, 4) is 0 Å². The van der Waals surface area contributed by atoms with Crippen molar-refractivity contribution in [3.05, 3.63) is 68.7 Å². The first-order valence-electron chi connectivity index (χ1n) is 9.50. The molecule has 2 rings (SSSR count). The van der Waals surface area contributed by atoms with Gasteiger partial charge in [-0.3, -0.25) is 9.59 Å². The maximum absolute atomic E-state index is 12.5. The predicted molar refractivity (Wildman–Crippen MR) is 122 cm³/mol. The molecule has 0 amide bonds. The van der Waals surface area contributed by atoms with E-state index >= 15 is 0 Å². The number of Topliss-reactive ketones (excluding diaryl/α,β-unsaturated/α-hetero) is 2. The molecule has 2 atom stereocenters. The lowest BCUT2D eigenvalue weighted by atomic mass is 10.0. The number of halogens is 4. The first-order chi connectivity index (χ1) is 15.1. The standard InChI is InChI=1S/C22H18Cl4O6/c1-3-13(23)19(27)17-11(7-5-9-15(17)25)21(29)31-32-22(30)12-8-6-10-16(26)18(12)20(28)14(24)4-2/h5-10,13-14H,3-4H2,1-2H3. The summed E-state index contributed by atoms with van der Waals surface area (Å²) < 4.78 is 0. The van der Waals surface area contributed by atoms with E-state index < -0.39 is 34.3 Å². The lowest BCUT2D eigenvalue weighted by Gasteiger charge is -2.13. The van der Waals surface area contributed by atoms with Crippen molar-refractivity contribution >= 4 is 69.9 Å². The predicted octanol–water partition coefficient (Wildman–Crippen LogP) is 6.32. The van der Waals surface area contributed by atoms with Gasteiger partial charge in [0.25, 0.3) is 0 Å². The third kappa shape index (κ3) is 5.81. The monoisotopic (exact) mass is 518 g/mol. The van der Waals surface area contributed by atoms with Crippen LogP contribution in [-0.2, 0) is 9.78 Å². The highest BCUT2D eigenvalue weighted by Crippen LogP contribution is 2.27. The smallest absolute Gasteiger partial charge is 0.292 e. The van der Waals surface area contributed by atoms with Gasteiger partial charge < -0.3 is 0 Å². The van der Waals surface area contributed by atoms with Gasteiger partial charge in [0.1, 0.15) is 0 Å². The van der Waals surface area contributed by atoms with Gasteiger partial charge in [-0.25, -0.2) is 19.4 Å². The van der Waals surface area contributed by atoms with Crippen molar-refractivity contribution < 1.29 is 29.0 Å². The molecule has 0 saturated heterocycles. The van der Waals surface area contributed by atoms with E-state index in [1.807, 2.05) is 0 Å². The van der Waals surface area contributed by atoms with Gasteiger partial charge in [0.2, 0.25) is 0 Å². The van der Waals surface area contributed by atoms with Crippen molar-refractivity contribution in [1.29, 1.82) is 0 Å². The van der Waals surface area contributed by atoms with Gasteiger partial charge in [-0.2, -0.15) is 0 Å². The van der Waals surface area contributed by atoms with Crippen molar-refractivity contribution in [3.63, 3.8) is 0 Å². The minimum Gasteiger partial charge on any atom is -0.292 e. The molecular weight excluding hydrogens is 502 g/mol. The zero-order valence-corrected chi connectivity index (χ0v) is 20.0. The first-order valence-corrected chi connectivity index (χ1v) is 11.1. The Morgan fingerprint density at radius 1 is 0.719 bits per heavy atom. The normalized spacial score (nSPS) is 12.6. The Kier molecular flexibility index (Phi) is 9.52. The summed E-state index contributed by atoms with van der Waals surface area (Å²) in [5, 5.41) is -1.84. The average Bonchev–Trinajstić information content (AvgIpc) is 2.79. The summed E-state index contributed by atoms with van der Waals surface area (Å²) in [6.07, 6.45) is 0.611. The summed E-state index contributed by atoms with van der Waals surface area (Å²) in [5.41, 5.74) is -0.764. The van der Waals surface area contributed by atoms with E-state index in [0.717, 1.165) is 0 Å². The second-order valence-electron chi connectivity index (χ2n) is 6.55. The maximum Gasteiger partial charge on any atom is 0.387 e. The molecule has 0 heterocycles. The summed E-state index contributed by atoms with van der Waals surface area (Å²) in [6.45, 7) is 3.39. The Bertz CT molecular complexity index is 969. The van der Waals surface area contributed by atoms with E-state index in [1.165, 1.54) is 36.4 Å². The van der Waals surface area contributed by atoms with E-state index in [-0.39, 0.29) is 32.3 Å². The zero-order chi connectivity index (χ0) is 24.0. The van der Waals surface area contributed by atoms with Crippen molar-refractivity contribution in [2.75, 3.05) is 0 Å². The molecule has 0 spiro atoms. The van der Waals surface area contributed by atoms with Crippen LogP contribution in [0.5, 0.6) is 0 Å². The molecule has 0 aliphatic rings. The van der Waals surface area contributed by atoms with Gasteiger partial charge in [-0.1, -0.05) is 49.2 Å². The fourth-order valence-corrected chi connectivity index (χ4v) is 3.49. The van der Waals surface area contributed by atoms with Crippen LogP contribution in [0.4, 0.5) is 0 Å². The van der Waals surface area contributed by atoms with Crippen LogP contribution in [0.15, 0.2) is 36.4 Å². The molecule has 0 aliphatic heterocycles.